The van der Waals surface area contributed by atoms with Crippen molar-refractivity contribution in [1.82, 2.24) is 9.55 Å². The fourth-order valence-electron chi connectivity index (χ4n) is 7.68. The fourth-order valence-corrected chi connectivity index (χ4v) is 9.09. The van der Waals surface area contributed by atoms with Crippen LogP contribution in [0.3, 0.4) is 0 Å². The number of imidazole rings is 1. The Hall–Kier alpha value is -2.07. The van der Waals surface area contributed by atoms with Gasteiger partial charge in [-0.2, -0.15) is 0 Å². The predicted octanol–water partition coefficient (Wildman–Crippen LogP) is 5.52. The van der Waals surface area contributed by atoms with E-state index in [0.717, 1.165) is 5.57 Å². The molecule has 0 unspecified atom stereocenters. The minimum absolute atomic E-state index is 0.0128. The number of carbonyl (C=O) groups excluding carboxylic acids is 2. The number of ketones is 1. The average Bonchev–Trinajstić information content (AvgIpc) is 3.47. The van der Waals surface area contributed by atoms with Crippen molar-refractivity contribution in [2.24, 2.45) is 29.6 Å². The van der Waals surface area contributed by atoms with Gasteiger partial charge in [-0.25, -0.2) is 9.78 Å². The van der Waals surface area contributed by atoms with Gasteiger partial charge in [-0.05, 0) is 44.0 Å². The molecule has 3 heterocycles. The molecule has 0 N–H and O–H groups in total. The molecule has 2 aliphatic heterocycles. The van der Waals surface area contributed by atoms with Crippen molar-refractivity contribution in [3.05, 3.63) is 42.5 Å². The van der Waals surface area contributed by atoms with Crippen molar-refractivity contribution in [2.75, 3.05) is 7.11 Å². The molecule has 41 heavy (non-hydrogen) atoms. The summed E-state index contributed by atoms with van der Waals surface area (Å²) in [6, 6.07) is -0.149. The lowest BCUT2D eigenvalue weighted by molar-refractivity contribution is -0.171. The van der Waals surface area contributed by atoms with Crippen LogP contribution in [-0.2, 0) is 28.2 Å². The van der Waals surface area contributed by atoms with Crippen molar-refractivity contribution in [1.29, 1.82) is 0 Å². The summed E-state index contributed by atoms with van der Waals surface area (Å²) >= 11 is 0. The Morgan fingerprint density at radius 2 is 1.90 bits per heavy atom. The first-order chi connectivity index (χ1) is 19.1. The van der Waals surface area contributed by atoms with Gasteiger partial charge >= 0.3 is 5.97 Å². The normalized spacial score (nSPS) is 40.0. The van der Waals surface area contributed by atoms with Crippen LogP contribution in [0.15, 0.2) is 42.5 Å². The van der Waals surface area contributed by atoms with Gasteiger partial charge in [0, 0.05) is 43.2 Å². The SMILES string of the molecule is CO[C@H]1C[C@H]2C=C[C@H]3[C@H]4O[C@]2(C(C)=C[C@@H](C)[C@@H]([C@@H](C)O[Si](C)(C)C(C)(C)C)OC1=O)[C@@H]3C(=O)[C@H](C)[C@H]4n1ccnc1. The second kappa shape index (κ2) is 10.6. The summed E-state index contributed by atoms with van der Waals surface area (Å²) in [7, 11) is -0.590. The Bertz CT molecular complexity index is 1220. The first-order valence-corrected chi connectivity index (χ1v) is 18.0. The predicted molar refractivity (Wildman–Crippen MR) is 159 cm³/mol. The Balaban J connectivity index is 1.58. The first kappa shape index (κ1) is 30.4. The summed E-state index contributed by atoms with van der Waals surface area (Å²) < 4.78 is 27.9. The van der Waals surface area contributed by atoms with Crippen LogP contribution < -0.4 is 0 Å². The molecular formula is C32H48N2O6Si. The van der Waals surface area contributed by atoms with Crippen LogP contribution in [0.2, 0.25) is 18.1 Å². The molecule has 0 amide bonds. The maximum Gasteiger partial charge on any atom is 0.335 e. The summed E-state index contributed by atoms with van der Waals surface area (Å²) in [6.07, 6.45) is 10.5. The van der Waals surface area contributed by atoms with Gasteiger partial charge in [0.05, 0.1) is 30.5 Å². The van der Waals surface area contributed by atoms with E-state index in [2.05, 4.69) is 70.9 Å². The lowest BCUT2D eigenvalue weighted by atomic mass is 9.57. The molecule has 226 valence electrons. The highest BCUT2D eigenvalue weighted by molar-refractivity contribution is 6.74. The molecular weight excluding hydrogens is 536 g/mol. The number of esters is 1. The largest absolute Gasteiger partial charge is 0.457 e. The Labute approximate surface area is 246 Å². The maximum atomic E-state index is 14.3. The number of hydrogen-bond donors (Lipinski definition) is 0. The number of carbonyl (C=O) groups is 2. The lowest BCUT2D eigenvalue weighted by Crippen LogP contribution is -2.54. The summed E-state index contributed by atoms with van der Waals surface area (Å²) in [4.78, 5) is 32.2. The van der Waals surface area contributed by atoms with E-state index in [0.29, 0.717) is 6.42 Å². The van der Waals surface area contributed by atoms with Crippen LogP contribution in [0.1, 0.15) is 60.9 Å². The van der Waals surface area contributed by atoms with Gasteiger partial charge in [-0.1, -0.05) is 52.8 Å². The second-order valence-corrected chi connectivity index (χ2v) is 19.0. The van der Waals surface area contributed by atoms with Gasteiger partial charge in [0.15, 0.2) is 14.4 Å². The number of cyclic esters (lactones) is 1. The quantitative estimate of drug-likeness (QED) is 0.256. The van der Waals surface area contributed by atoms with Gasteiger partial charge < -0.3 is 23.2 Å². The van der Waals surface area contributed by atoms with Gasteiger partial charge in [0.25, 0.3) is 0 Å². The third kappa shape index (κ3) is 4.81. The topological polar surface area (TPSA) is 88.9 Å². The summed E-state index contributed by atoms with van der Waals surface area (Å²) in [5.74, 6) is -1.18. The minimum atomic E-state index is -2.14. The van der Waals surface area contributed by atoms with E-state index < -0.39 is 32.1 Å². The molecule has 11 atom stereocenters. The highest BCUT2D eigenvalue weighted by Gasteiger charge is 2.68. The molecule has 1 aromatic rings. The van der Waals surface area contributed by atoms with E-state index in [-0.39, 0.29) is 58.7 Å². The molecule has 1 aromatic heterocycles. The number of Topliss-reactive ketones (excluding diaryl/α,β-unsaturated/α-hetero) is 1. The fraction of sp³-hybridized carbons (Fsp3) is 0.719. The zero-order chi connectivity index (χ0) is 30.1. The Morgan fingerprint density at radius 1 is 1.20 bits per heavy atom. The van der Waals surface area contributed by atoms with E-state index in [1.54, 1.807) is 19.6 Å². The van der Waals surface area contributed by atoms with Crippen LogP contribution >= 0.6 is 0 Å². The second-order valence-electron chi connectivity index (χ2n) is 14.3. The van der Waals surface area contributed by atoms with Crippen LogP contribution in [0, 0.1) is 29.6 Å². The van der Waals surface area contributed by atoms with Crippen LogP contribution in [0.25, 0.3) is 0 Å². The van der Waals surface area contributed by atoms with Crippen molar-refractivity contribution >= 4 is 20.1 Å². The standard InChI is InChI=1S/C32H48N2O6Si/c1-18-15-19(2)32-22(16-24(37-8)30(36)38-28(18)21(4)40-41(9,10)31(5,6)7)11-12-23-25(32)27(35)20(3)26(29(23)39-32)34-14-13-33-17-34/h11-15,17-18,20-26,28-29H,16H2,1-10H3/t18-,20-,21-,22-,23-,24+,25+,26-,28+,29-,32+/m1/s1. The van der Waals surface area contributed by atoms with E-state index in [1.165, 1.54) is 0 Å². The molecule has 1 saturated carbocycles. The van der Waals surface area contributed by atoms with Gasteiger partial charge in [-0.15, -0.1) is 0 Å². The molecule has 4 aliphatic rings. The van der Waals surface area contributed by atoms with Gasteiger partial charge in [-0.3, -0.25) is 4.79 Å². The monoisotopic (exact) mass is 584 g/mol. The van der Waals surface area contributed by atoms with Crippen LogP contribution in [0.4, 0.5) is 0 Å². The molecule has 5 rings (SSSR count). The Kier molecular flexibility index (Phi) is 7.84. The molecule has 2 fully saturated rings. The highest BCUT2D eigenvalue weighted by Crippen LogP contribution is 2.61. The summed E-state index contributed by atoms with van der Waals surface area (Å²) in [6.45, 7) is 19.2. The lowest BCUT2D eigenvalue weighted by Gasteiger charge is -2.46. The molecule has 1 spiro atoms. The van der Waals surface area contributed by atoms with E-state index in [1.807, 2.05) is 24.6 Å². The maximum absolute atomic E-state index is 14.3. The number of nitrogens with zero attached hydrogens (tertiary/aromatic N) is 2. The third-order valence-electron chi connectivity index (χ3n) is 10.8. The van der Waals surface area contributed by atoms with Gasteiger partial charge in [0.1, 0.15) is 17.5 Å². The average molecular weight is 585 g/mol. The number of hydrogen-bond acceptors (Lipinski definition) is 7. The molecule has 8 nitrogen and oxygen atoms in total. The third-order valence-corrected chi connectivity index (χ3v) is 15.4. The minimum Gasteiger partial charge on any atom is -0.457 e. The number of rotatable bonds is 5. The number of ether oxygens (including phenoxy) is 3. The molecule has 2 aliphatic carbocycles. The number of methoxy groups -OCH3 is 1. The van der Waals surface area contributed by atoms with E-state index in [9.17, 15) is 9.59 Å². The van der Waals surface area contributed by atoms with Crippen LogP contribution in [-0.4, -0.2) is 66.7 Å². The smallest absolute Gasteiger partial charge is 0.335 e. The highest BCUT2D eigenvalue weighted by atomic mass is 28.4. The van der Waals surface area contributed by atoms with Crippen molar-refractivity contribution in [3.63, 3.8) is 0 Å². The molecule has 4 bridgehead atoms. The van der Waals surface area contributed by atoms with Crippen molar-refractivity contribution in [3.8, 4) is 0 Å². The zero-order valence-corrected chi connectivity index (χ0v) is 27.3. The van der Waals surface area contributed by atoms with E-state index >= 15 is 0 Å². The molecule has 9 heteroatoms. The first-order valence-electron chi connectivity index (χ1n) is 15.1. The molecule has 0 radical (unpaired) electrons. The number of aromatic nitrogens is 2. The van der Waals surface area contributed by atoms with Gasteiger partial charge in [0.2, 0.25) is 0 Å². The molecule has 0 aromatic carbocycles. The summed E-state index contributed by atoms with van der Waals surface area (Å²) in [5, 5.41) is 0.0128. The Morgan fingerprint density at radius 3 is 2.51 bits per heavy atom. The zero-order valence-electron chi connectivity index (χ0n) is 26.3. The van der Waals surface area contributed by atoms with E-state index in [4.69, 9.17) is 18.6 Å². The van der Waals surface area contributed by atoms with Crippen molar-refractivity contribution < 1.29 is 28.2 Å². The molecule has 1 saturated heterocycles. The summed E-state index contributed by atoms with van der Waals surface area (Å²) in [5.41, 5.74) is 0.155. The van der Waals surface area contributed by atoms with Crippen molar-refractivity contribution in [2.45, 2.75) is 109 Å². The van der Waals surface area contributed by atoms with Crippen LogP contribution in [0.5, 0.6) is 0 Å².